The van der Waals surface area contributed by atoms with Gasteiger partial charge in [-0.3, -0.25) is 9.69 Å². The summed E-state index contributed by atoms with van der Waals surface area (Å²) in [6.45, 7) is 3.90. The van der Waals surface area contributed by atoms with Gasteiger partial charge in [0.25, 0.3) is 0 Å². The molecule has 10 heteroatoms. The molecule has 10 nitrogen and oxygen atoms in total. The highest BCUT2D eigenvalue weighted by molar-refractivity contribution is 6.19. The molecular formula is C32H34N4O6. The minimum absolute atomic E-state index is 0.110. The van der Waals surface area contributed by atoms with Crippen LogP contribution in [0, 0.1) is 0 Å². The summed E-state index contributed by atoms with van der Waals surface area (Å²) in [7, 11) is 1.87. The number of hydrogen-bond acceptors (Lipinski definition) is 8. The van der Waals surface area contributed by atoms with Gasteiger partial charge in [0.1, 0.15) is 11.2 Å². The number of aliphatic hydroxyl groups is 2. The van der Waals surface area contributed by atoms with Gasteiger partial charge in [-0.15, -0.1) is 0 Å². The molecule has 2 heterocycles. The molecule has 0 atom stereocenters. The highest BCUT2D eigenvalue weighted by atomic mass is 16.5. The lowest BCUT2D eigenvalue weighted by atomic mass is 10.0. The minimum Gasteiger partial charge on any atom is -0.462 e. The van der Waals surface area contributed by atoms with Crippen LogP contribution in [-0.2, 0) is 23.1 Å². The number of carbonyl (C=O) groups excluding carboxylic acids is 2. The van der Waals surface area contributed by atoms with Gasteiger partial charge in [-0.05, 0) is 25.1 Å². The summed E-state index contributed by atoms with van der Waals surface area (Å²) in [6.07, 6.45) is 0. The van der Waals surface area contributed by atoms with Crippen molar-refractivity contribution >= 4 is 33.7 Å². The number of aromatic nitrogens is 3. The zero-order valence-corrected chi connectivity index (χ0v) is 23.9. The summed E-state index contributed by atoms with van der Waals surface area (Å²) in [5, 5.41) is 25.6. The lowest BCUT2D eigenvalue weighted by molar-refractivity contribution is -0.131. The van der Waals surface area contributed by atoms with Crippen molar-refractivity contribution in [2.75, 3.05) is 32.9 Å². The number of benzene rings is 3. The fourth-order valence-electron chi connectivity index (χ4n) is 5.44. The maximum absolute atomic E-state index is 13.6. The lowest BCUT2D eigenvalue weighted by Crippen LogP contribution is -2.31. The molecule has 0 aliphatic heterocycles. The van der Waals surface area contributed by atoms with Crippen molar-refractivity contribution in [3.8, 4) is 22.7 Å². The van der Waals surface area contributed by atoms with Crippen molar-refractivity contribution in [2.45, 2.75) is 20.4 Å². The van der Waals surface area contributed by atoms with Gasteiger partial charge in [-0.25, -0.2) is 9.48 Å². The Labute approximate surface area is 243 Å². The van der Waals surface area contributed by atoms with Crippen molar-refractivity contribution in [1.82, 2.24) is 19.2 Å². The Morgan fingerprint density at radius 3 is 2.19 bits per heavy atom. The number of nitrogens with zero attached hydrogens (tertiary/aromatic N) is 4. The van der Waals surface area contributed by atoms with Crippen molar-refractivity contribution < 1.29 is 29.3 Å². The van der Waals surface area contributed by atoms with Crippen LogP contribution in [0.1, 0.15) is 29.9 Å². The van der Waals surface area contributed by atoms with E-state index in [1.54, 1.807) is 17.7 Å². The van der Waals surface area contributed by atoms with Gasteiger partial charge in [0.2, 0.25) is 0 Å². The zero-order valence-electron chi connectivity index (χ0n) is 23.9. The first-order chi connectivity index (χ1) is 20.4. The Morgan fingerprint density at radius 1 is 0.952 bits per heavy atom. The van der Waals surface area contributed by atoms with Gasteiger partial charge in [0.15, 0.2) is 5.75 Å². The van der Waals surface area contributed by atoms with Crippen molar-refractivity contribution in [2.24, 2.45) is 7.05 Å². The SMILES string of the molecule is CCOC(=O)c1c(CN(CCO)CCO)n(C)c2c1cc(OC(C)=O)c1c2c(-c2ccccc2)nn1-c1ccccc1. The largest absolute Gasteiger partial charge is 0.462 e. The van der Waals surface area contributed by atoms with Gasteiger partial charge in [0, 0.05) is 50.2 Å². The molecule has 42 heavy (non-hydrogen) atoms. The van der Waals surface area contributed by atoms with Crippen LogP contribution in [0.15, 0.2) is 66.7 Å². The summed E-state index contributed by atoms with van der Waals surface area (Å²) in [6, 6.07) is 21.0. The molecular weight excluding hydrogens is 536 g/mol. The van der Waals surface area contributed by atoms with E-state index in [4.69, 9.17) is 14.6 Å². The molecule has 0 saturated carbocycles. The average Bonchev–Trinajstić information content (AvgIpc) is 3.50. The predicted octanol–water partition coefficient (Wildman–Crippen LogP) is 4.07. The van der Waals surface area contributed by atoms with Crippen molar-refractivity contribution in [3.63, 3.8) is 0 Å². The molecule has 0 aliphatic rings. The Balaban J connectivity index is 1.95. The lowest BCUT2D eigenvalue weighted by Gasteiger charge is -2.21. The second-order valence-electron chi connectivity index (χ2n) is 9.87. The van der Waals surface area contributed by atoms with E-state index in [0.717, 1.165) is 11.3 Å². The number of esters is 2. The van der Waals surface area contributed by atoms with Gasteiger partial charge >= 0.3 is 11.9 Å². The van der Waals surface area contributed by atoms with E-state index < -0.39 is 11.9 Å². The number of aliphatic hydroxyl groups excluding tert-OH is 2. The molecule has 0 bridgehead atoms. The van der Waals surface area contributed by atoms with Gasteiger partial charge in [0.05, 0.1) is 42.0 Å². The number of fused-ring (bicyclic) bond motifs is 3. The van der Waals surface area contributed by atoms with Gasteiger partial charge in [-0.1, -0.05) is 48.5 Å². The summed E-state index contributed by atoms with van der Waals surface area (Å²) in [4.78, 5) is 27.8. The molecule has 5 aromatic rings. The van der Waals surface area contributed by atoms with Crippen LogP contribution in [0.3, 0.4) is 0 Å². The Kier molecular flexibility index (Phi) is 8.67. The number of carbonyl (C=O) groups is 2. The van der Waals surface area contributed by atoms with Crippen molar-refractivity contribution in [1.29, 1.82) is 0 Å². The van der Waals surface area contributed by atoms with Crippen molar-refractivity contribution in [3.05, 3.63) is 78.0 Å². The highest BCUT2D eigenvalue weighted by Crippen LogP contribution is 2.43. The van der Waals surface area contributed by atoms with E-state index in [9.17, 15) is 19.8 Å². The molecule has 3 aromatic carbocycles. The Morgan fingerprint density at radius 2 is 1.60 bits per heavy atom. The molecule has 0 amide bonds. The van der Waals surface area contributed by atoms with Crippen LogP contribution in [0.5, 0.6) is 5.75 Å². The maximum Gasteiger partial charge on any atom is 0.340 e. The molecule has 0 unspecified atom stereocenters. The number of aryl methyl sites for hydroxylation is 1. The quantitative estimate of drug-likeness (QED) is 0.180. The predicted molar refractivity (Wildman–Crippen MR) is 160 cm³/mol. The number of rotatable bonds is 11. The van der Waals surface area contributed by atoms with Crippen LogP contribution in [0.2, 0.25) is 0 Å². The monoisotopic (exact) mass is 570 g/mol. The van der Waals surface area contributed by atoms with E-state index >= 15 is 0 Å². The highest BCUT2D eigenvalue weighted by Gasteiger charge is 2.30. The molecule has 2 aromatic heterocycles. The average molecular weight is 571 g/mol. The summed E-state index contributed by atoms with van der Waals surface area (Å²) in [5.74, 6) is -0.770. The molecule has 218 valence electrons. The Bertz CT molecular complexity index is 1720. The first-order valence-corrected chi connectivity index (χ1v) is 13.9. The summed E-state index contributed by atoms with van der Waals surface area (Å²) < 4.78 is 15.0. The molecule has 0 fully saturated rings. The van der Waals surface area contributed by atoms with E-state index in [-0.39, 0.29) is 32.1 Å². The smallest absolute Gasteiger partial charge is 0.340 e. The summed E-state index contributed by atoms with van der Waals surface area (Å²) >= 11 is 0. The fourth-order valence-corrected chi connectivity index (χ4v) is 5.44. The van der Waals surface area contributed by atoms with Crippen LogP contribution < -0.4 is 4.74 Å². The number of ether oxygens (including phenoxy) is 2. The van der Waals surface area contributed by atoms with Crippen LogP contribution in [0.4, 0.5) is 0 Å². The topological polar surface area (TPSA) is 119 Å². The molecule has 2 N–H and O–H groups in total. The van der Waals surface area contributed by atoms with E-state index in [1.165, 1.54) is 6.92 Å². The fraction of sp³-hybridized carbons (Fsp3) is 0.281. The van der Waals surface area contributed by atoms with E-state index in [0.29, 0.717) is 51.8 Å². The zero-order chi connectivity index (χ0) is 29.8. The third kappa shape index (κ3) is 5.39. The van der Waals surface area contributed by atoms with E-state index in [2.05, 4.69) is 0 Å². The van der Waals surface area contributed by atoms with Crippen LogP contribution in [0.25, 0.3) is 38.8 Å². The number of para-hydroxylation sites is 1. The third-order valence-corrected chi connectivity index (χ3v) is 7.17. The first-order valence-electron chi connectivity index (χ1n) is 13.9. The second-order valence-corrected chi connectivity index (χ2v) is 9.87. The van der Waals surface area contributed by atoms with E-state index in [1.807, 2.05) is 77.2 Å². The molecule has 0 spiro atoms. The standard InChI is InChI=1S/C32H34N4O6/c1-4-41-32(40)27-24-19-26(42-21(2)39)31-28(30(24)34(3)25(27)20-35(15-17-37)16-18-38)29(22-11-7-5-8-12-22)33-36(31)23-13-9-6-10-14-23/h5-14,19,37-38H,4,15-18,20H2,1-3H3. The normalized spacial score (nSPS) is 11.5. The van der Waals surface area contributed by atoms with Gasteiger partial charge in [-0.2, -0.15) is 5.10 Å². The first kappa shape index (κ1) is 29.0. The molecule has 0 radical (unpaired) electrons. The number of hydrogen-bond donors (Lipinski definition) is 2. The maximum atomic E-state index is 13.6. The van der Waals surface area contributed by atoms with Gasteiger partial charge < -0.3 is 24.3 Å². The van der Waals surface area contributed by atoms with Crippen LogP contribution >= 0.6 is 0 Å². The molecule has 0 aliphatic carbocycles. The Hall–Kier alpha value is -4.51. The molecule has 0 saturated heterocycles. The molecule has 5 rings (SSSR count). The second kappa shape index (κ2) is 12.6. The van der Waals surface area contributed by atoms with Crippen LogP contribution in [-0.4, -0.2) is 74.3 Å². The minimum atomic E-state index is -0.518. The third-order valence-electron chi connectivity index (χ3n) is 7.17. The summed E-state index contributed by atoms with van der Waals surface area (Å²) in [5.41, 5.74) is 4.53.